The van der Waals surface area contributed by atoms with E-state index in [0.29, 0.717) is 24.3 Å². The highest BCUT2D eigenvalue weighted by Gasteiger charge is 2.56. The van der Waals surface area contributed by atoms with Gasteiger partial charge in [-0.05, 0) is 34.4 Å². The summed E-state index contributed by atoms with van der Waals surface area (Å²) >= 11 is 0. The van der Waals surface area contributed by atoms with Gasteiger partial charge in [-0.1, -0.05) is 36.4 Å². The quantitative estimate of drug-likeness (QED) is 0.886. The molecule has 0 amide bonds. The fourth-order valence-corrected chi connectivity index (χ4v) is 3.79. The third-order valence-electron chi connectivity index (χ3n) is 5.15. The summed E-state index contributed by atoms with van der Waals surface area (Å²) in [5.41, 5.74) is 2.11. The van der Waals surface area contributed by atoms with E-state index in [0.717, 1.165) is 11.1 Å². The molecule has 2 aromatic rings. The van der Waals surface area contributed by atoms with Crippen molar-refractivity contribution >= 4 is 0 Å². The second-order valence-corrected chi connectivity index (χ2v) is 6.87. The Hall–Kier alpha value is -1.86. The predicted molar refractivity (Wildman–Crippen MR) is 91.5 cm³/mol. The molecule has 2 aliphatic heterocycles. The van der Waals surface area contributed by atoms with Gasteiger partial charge >= 0.3 is 0 Å². The van der Waals surface area contributed by atoms with Crippen LogP contribution >= 0.6 is 0 Å². The largest absolute Gasteiger partial charge is 0.394 e. The molecule has 2 saturated heterocycles. The van der Waals surface area contributed by atoms with Gasteiger partial charge in [-0.15, -0.1) is 0 Å². The highest BCUT2D eigenvalue weighted by atomic mass is 19.1. The number of halogens is 2. The topological polar surface area (TPSA) is 41.9 Å². The lowest BCUT2D eigenvalue weighted by atomic mass is 10.00. The molecule has 2 aliphatic rings. The van der Waals surface area contributed by atoms with Gasteiger partial charge < -0.3 is 14.6 Å². The highest BCUT2D eigenvalue weighted by Crippen LogP contribution is 2.48. The molecule has 0 aliphatic carbocycles. The smallest absolute Gasteiger partial charge is 0.139 e. The first-order valence-electron chi connectivity index (χ1n) is 8.63. The molecule has 2 unspecified atom stereocenters. The summed E-state index contributed by atoms with van der Waals surface area (Å²) in [5, 5.41) is 10.0. The number of alkyl halides is 2. The van der Waals surface area contributed by atoms with Crippen LogP contribution in [0.4, 0.5) is 8.78 Å². The van der Waals surface area contributed by atoms with E-state index in [1.54, 1.807) is 36.4 Å². The molecule has 0 aromatic heterocycles. The van der Waals surface area contributed by atoms with Gasteiger partial charge in [0.15, 0.2) is 0 Å². The SMILES string of the molecule is OCC12COC(c3cccc(CF)c3)N1C(c1cccc(CF)c1)OC2. The van der Waals surface area contributed by atoms with Gasteiger partial charge in [-0.2, -0.15) is 0 Å². The van der Waals surface area contributed by atoms with Crippen LogP contribution in [0.1, 0.15) is 34.7 Å². The molecular weight excluding hydrogens is 340 g/mol. The van der Waals surface area contributed by atoms with Crippen LogP contribution in [0.15, 0.2) is 48.5 Å². The normalized spacial score (nSPS) is 28.4. The molecule has 2 fully saturated rings. The van der Waals surface area contributed by atoms with Crippen molar-refractivity contribution < 1.29 is 23.4 Å². The monoisotopic (exact) mass is 361 g/mol. The summed E-state index contributed by atoms with van der Waals surface area (Å²) in [5.74, 6) is 0. The number of benzene rings is 2. The Kier molecular flexibility index (Phi) is 4.75. The number of nitrogens with zero attached hydrogens (tertiary/aromatic N) is 1. The van der Waals surface area contributed by atoms with Crippen LogP contribution in [-0.4, -0.2) is 35.4 Å². The molecule has 2 atom stereocenters. The first kappa shape index (κ1) is 17.5. The fourth-order valence-electron chi connectivity index (χ4n) is 3.79. The number of aliphatic hydroxyl groups excluding tert-OH is 1. The number of fused-ring (bicyclic) bond motifs is 1. The van der Waals surface area contributed by atoms with Crippen LogP contribution in [0.5, 0.6) is 0 Å². The van der Waals surface area contributed by atoms with Gasteiger partial charge in [0.05, 0.1) is 25.4 Å². The van der Waals surface area contributed by atoms with E-state index in [-0.39, 0.29) is 6.61 Å². The van der Waals surface area contributed by atoms with Crippen molar-refractivity contribution in [3.63, 3.8) is 0 Å². The maximum atomic E-state index is 13.1. The lowest BCUT2D eigenvalue weighted by Gasteiger charge is -2.33. The summed E-state index contributed by atoms with van der Waals surface area (Å²) in [7, 11) is 0. The zero-order valence-corrected chi connectivity index (χ0v) is 14.3. The predicted octanol–water partition coefficient (Wildman–Crippen LogP) is 3.42. The van der Waals surface area contributed by atoms with Crippen molar-refractivity contribution in [2.75, 3.05) is 19.8 Å². The van der Waals surface area contributed by atoms with E-state index in [9.17, 15) is 13.9 Å². The lowest BCUT2D eigenvalue weighted by molar-refractivity contribution is -0.0631. The fraction of sp³-hybridized carbons (Fsp3) is 0.400. The van der Waals surface area contributed by atoms with Crippen molar-refractivity contribution in [3.05, 3.63) is 70.8 Å². The first-order chi connectivity index (χ1) is 12.7. The maximum absolute atomic E-state index is 13.1. The molecular formula is C20H21F2NO3. The van der Waals surface area contributed by atoms with Gasteiger partial charge in [0, 0.05) is 0 Å². The van der Waals surface area contributed by atoms with Gasteiger partial charge in [0.1, 0.15) is 25.8 Å². The number of ether oxygens (including phenoxy) is 2. The molecule has 0 radical (unpaired) electrons. The van der Waals surface area contributed by atoms with Gasteiger partial charge in [0.2, 0.25) is 0 Å². The van der Waals surface area contributed by atoms with Crippen molar-refractivity contribution in [2.45, 2.75) is 31.3 Å². The molecule has 6 heteroatoms. The third-order valence-corrected chi connectivity index (χ3v) is 5.15. The van der Waals surface area contributed by atoms with Gasteiger partial charge in [0.25, 0.3) is 0 Å². The Balaban J connectivity index is 1.73. The van der Waals surface area contributed by atoms with Crippen LogP contribution in [0.3, 0.4) is 0 Å². The Morgan fingerprint density at radius 2 is 1.42 bits per heavy atom. The minimum atomic E-state index is -0.660. The molecule has 138 valence electrons. The van der Waals surface area contributed by atoms with Crippen molar-refractivity contribution in [2.24, 2.45) is 0 Å². The summed E-state index contributed by atoms with van der Waals surface area (Å²) in [6, 6.07) is 14.3. The molecule has 26 heavy (non-hydrogen) atoms. The molecule has 2 heterocycles. The number of hydrogen-bond acceptors (Lipinski definition) is 4. The highest BCUT2D eigenvalue weighted by molar-refractivity contribution is 5.30. The zero-order valence-electron chi connectivity index (χ0n) is 14.3. The summed E-state index contributed by atoms with van der Waals surface area (Å²) in [4.78, 5) is 1.99. The Morgan fingerprint density at radius 1 is 0.923 bits per heavy atom. The van der Waals surface area contributed by atoms with Crippen molar-refractivity contribution in [1.29, 1.82) is 0 Å². The zero-order chi connectivity index (χ0) is 18.1. The van der Waals surface area contributed by atoms with E-state index in [1.165, 1.54) is 0 Å². The standard InChI is InChI=1S/C20H21F2NO3/c21-9-14-3-1-5-16(7-14)18-23-19(17-6-2-4-15(8-17)10-22)26-13-20(23,11-24)12-25-18/h1-8,18-19,24H,9-13H2. The molecule has 0 spiro atoms. The Bertz CT molecular complexity index is 726. The van der Waals surface area contributed by atoms with E-state index in [4.69, 9.17) is 9.47 Å². The van der Waals surface area contributed by atoms with E-state index in [2.05, 4.69) is 0 Å². The second-order valence-electron chi connectivity index (χ2n) is 6.87. The summed E-state index contributed by atoms with van der Waals surface area (Å²) in [6.45, 7) is -0.597. The molecule has 0 saturated carbocycles. The van der Waals surface area contributed by atoms with E-state index in [1.807, 2.05) is 17.0 Å². The van der Waals surface area contributed by atoms with Crippen LogP contribution < -0.4 is 0 Å². The molecule has 4 nitrogen and oxygen atoms in total. The van der Waals surface area contributed by atoms with E-state index < -0.39 is 31.3 Å². The number of rotatable bonds is 5. The Labute approximate surface area is 151 Å². The van der Waals surface area contributed by atoms with E-state index >= 15 is 0 Å². The van der Waals surface area contributed by atoms with Crippen LogP contribution in [0.2, 0.25) is 0 Å². The molecule has 0 bridgehead atoms. The molecule has 1 N–H and O–H groups in total. The minimum absolute atomic E-state index is 0.119. The minimum Gasteiger partial charge on any atom is -0.394 e. The second kappa shape index (κ2) is 7.04. The lowest BCUT2D eigenvalue weighted by Crippen LogP contribution is -2.47. The van der Waals surface area contributed by atoms with Gasteiger partial charge in [-0.25, -0.2) is 13.7 Å². The van der Waals surface area contributed by atoms with Crippen LogP contribution in [0.25, 0.3) is 0 Å². The molecule has 4 rings (SSSR count). The third kappa shape index (κ3) is 2.83. The average molecular weight is 361 g/mol. The summed E-state index contributed by atoms with van der Waals surface area (Å²) < 4.78 is 38.1. The number of hydrogen-bond donors (Lipinski definition) is 1. The van der Waals surface area contributed by atoms with Gasteiger partial charge in [-0.3, -0.25) is 0 Å². The summed E-state index contributed by atoms with van der Waals surface area (Å²) in [6.07, 6.45) is -0.926. The van der Waals surface area contributed by atoms with Crippen LogP contribution in [-0.2, 0) is 22.8 Å². The first-order valence-corrected chi connectivity index (χ1v) is 8.63. The Morgan fingerprint density at radius 3 is 1.85 bits per heavy atom. The average Bonchev–Trinajstić information content (AvgIpc) is 3.25. The molecule has 2 aromatic carbocycles. The maximum Gasteiger partial charge on any atom is 0.139 e. The van der Waals surface area contributed by atoms with Crippen LogP contribution in [0, 0.1) is 0 Å². The number of aliphatic hydroxyl groups is 1. The van der Waals surface area contributed by atoms with Crippen molar-refractivity contribution in [1.82, 2.24) is 4.90 Å². The van der Waals surface area contributed by atoms with Crippen molar-refractivity contribution in [3.8, 4) is 0 Å².